The minimum absolute atomic E-state index is 0.104. The van der Waals surface area contributed by atoms with Gasteiger partial charge in [-0.25, -0.2) is 0 Å². The smallest absolute Gasteiger partial charge is 0.307 e. The molecular weight excluding hydrogens is 128 g/mol. The molecule has 1 rings (SSSR count). The van der Waals surface area contributed by atoms with Crippen LogP contribution < -0.4 is 0 Å². The van der Waals surface area contributed by atoms with E-state index < -0.39 is 5.97 Å². The number of hydrogen-bond acceptors (Lipinski definition) is 1. The van der Waals surface area contributed by atoms with Crippen LogP contribution in [0.15, 0.2) is 0 Å². The SMILES string of the molecule is O=C(O)[C@@H]1CC[C@@H]1Cl. The Kier molecular flexibility index (Phi) is 1.43. The summed E-state index contributed by atoms with van der Waals surface area (Å²) in [4.78, 5) is 10.1. The van der Waals surface area contributed by atoms with Crippen LogP contribution in [0.25, 0.3) is 0 Å². The number of rotatable bonds is 1. The Labute approximate surface area is 52.5 Å². The van der Waals surface area contributed by atoms with Gasteiger partial charge in [0.05, 0.1) is 5.92 Å². The van der Waals surface area contributed by atoms with Crippen LogP contribution in [0.3, 0.4) is 0 Å². The molecule has 2 nitrogen and oxygen atoms in total. The molecule has 2 atom stereocenters. The van der Waals surface area contributed by atoms with Gasteiger partial charge in [0.1, 0.15) is 0 Å². The largest absolute Gasteiger partial charge is 0.481 e. The van der Waals surface area contributed by atoms with Crippen molar-refractivity contribution in [2.75, 3.05) is 0 Å². The lowest BCUT2D eigenvalue weighted by Gasteiger charge is -2.27. The maximum Gasteiger partial charge on any atom is 0.307 e. The highest BCUT2D eigenvalue weighted by atomic mass is 35.5. The summed E-state index contributed by atoms with van der Waals surface area (Å²) in [7, 11) is 0. The average molecular weight is 135 g/mol. The molecule has 0 aromatic rings. The van der Waals surface area contributed by atoms with E-state index in [1.165, 1.54) is 0 Å². The molecule has 0 aromatic carbocycles. The van der Waals surface area contributed by atoms with Crippen molar-refractivity contribution in [1.82, 2.24) is 0 Å². The number of carboxylic acid groups (broad SMARTS) is 1. The van der Waals surface area contributed by atoms with Crippen molar-refractivity contribution in [3.63, 3.8) is 0 Å². The second-order valence-electron chi connectivity index (χ2n) is 2.04. The first-order valence-corrected chi connectivity index (χ1v) is 3.02. The van der Waals surface area contributed by atoms with Crippen LogP contribution in [-0.2, 0) is 4.79 Å². The van der Waals surface area contributed by atoms with E-state index in [0.29, 0.717) is 0 Å². The summed E-state index contributed by atoms with van der Waals surface area (Å²) in [6.45, 7) is 0. The minimum Gasteiger partial charge on any atom is -0.481 e. The molecule has 3 heteroatoms. The zero-order valence-corrected chi connectivity index (χ0v) is 5.06. The van der Waals surface area contributed by atoms with Gasteiger partial charge in [-0.2, -0.15) is 0 Å². The van der Waals surface area contributed by atoms with Crippen LogP contribution in [0, 0.1) is 5.92 Å². The quantitative estimate of drug-likeness (QED) is 0.545. The third-order valence-electron chi connectivity index (χ3n) is 1.51. The zero-order chi connectivity index (χ0) is 6.15. The highest BCUT2D eigenvalue weighted by Crippen LogP contribution is 2.32. The third kappa shape index (κ3) is 0.802. The molecule has 0 aliphatic heterocycles. The van der Waals surface area contributed by atoms with Crippen LogP contribution in [0.4, 0.5) is 0 Å². The van der Waals surface area contributed by atoms with Gasteiger partial charge >= 0.3 is 5.97 Å². The van der Waals surface area contributed by atoms with Crippen molar-refractivity contribution in [2.45, 2.75) is 18.2 Å². The van der Waals surface area contributed by atoms with Gasteiger partial charge in [-0.3, -0.25) is 4.79 Å². The normalized spacial score (nSPS) is 36.1. The summed E-state index contributed by atoms with van der Waals surface area (Å²) in [5.41, 5.74) is 0. The number of hydrogen-bond donors (Lipinski definition) is 1. The Bertz CT molecular complexity index is 113. The van der Waals surface area contributed by atoms with E-state index in [-0.39, 0.29) is 11.3 Å². The highest BCUT2D eigenvalue weighted by molar-refractivity contribution is 6.22. The summed E-state index contributed by atoms with van der Waals surface area (Å²) >= 11 is 5.53. The van der Waals surface area contributed by atoms with Crippen LogP contribution in [-0.4, -0.2) is 16.5 Å². The molecule has 0 amide bonds. The average Bonchev–Trinajstić information content (AvgIpc) is 1.61. The van der Waals surface area contributed by atoms with Gasteiger partial charge in [-0.05, 0) is 12.8 Å². The summed E-state index contributed by atoms with van der Waals surface area (Å²) in [6, 6.07) is 0. The summed E-state index contributed by atoms with van der Waals surface area (Å²) < 4.78 is 0. The van der Waals surface area contributed by atoms with E-state index in [1.54, 1.807) is 0 Å². The van der Waals surface area contributed by atoms with E-state index in [9.17, 15) is 4.79 Å². The third-order valence-corrected chi connectivity index (χ3v) is 2.03. The topological polar surface area (TPSA) is 37.3 Å². The van der Waals surface area contributed by atoms with E-state index >= 15 is 0 Å². The van der Waals surface area contributed by atoms with Gasteiger partial charge in [0.15, 0.2) is 0 Å². The van der Waals surface area contributed by atoms with Crippen molar-refractivity contribution in [3.05, 3.63) is 0 Å². The van der Waals surface area contributed by atoms with Crippen LogP contribution >= 0.6 is 11.6 Å². The highest BCUT2D eigenvalue weighted by Gasteiger charge is 2.34. The van der Waals surface area contributed by atoms with Gasteiger partial charge in [-0.15, -0.1) is 11.6 Å². The number of carboxylic acids is 1. The predicted octanol–water partition coefficient (Wildman–Crippen LogP) is 1.09. The number of alkyl halides is 1. The van der Waals surface area contributed by atoms with Crippen molar-refractivity contribution >= 4 is 17.6 Å². The Morgan fingerprint density at radius 2 is 2.25 bits per heavy atom. The molecule has 0 unspecified atom stereocenters. The van der Waals surface area contributed by atoms with Crippen molar-refractivity contribution in [3.8, 4) is 0 Å². The molecule has 8 heavy (non-hydrogen) atoms. The Hall–Kier alpha value is -0.240. The summed E-state index contributed by atoms with van der Waals surface area (Å²) in [6.07, 6.45) is 1.61. The maximum atomic E-state index is 10.1. The van der Waals surface area contributed by atoms with E-state index in [4.69, 9.17) is 16.7 Å². The lowest BCUT2D eigenvalue weighted by Crippen LogP contribution is -2.33. The monoisotopic (exact) mass is 134 g/mol. The van der Waals surface area contributed by atoms with E-state index in [1.807, 2.05) is 0 Å². The van der Waals surface area contributed by atoms with E-state index in [0.717, 1.165) is 12.8 Å². The molecule has 0 heterocycles. The predicted molar refractivity (Wildman–Crippen MR) is 30.0 cm³/mol. The van der Waals surface area contributed by atoms with Crippen LogP contribution in [0.1, 0.15) is 12.8 Å². The van der Waals surface area contributed by atoms with Gasteiger partial charge in [0.2, 0.25) is 0 Å². The molecule has 46 valence electrons. The second-order valence-corrected chi connectivity index (χ2v) is 2.60. The fraction of sp³-hybridized carbons (Fsp3) is 0.800. The summed E-state index contributed by atoms with van der Waals surface area (Å²) in [5.74, 6) is -1.02. The van der Waals surface area contributed by atoms with Gasteiger partial charge in [0.25, 0.3) is 0 Å². The number of halogens is 1. The van der Waals surface area contributed by atoms with E-state index in [2.05, 4.69) is 0 Å². The fourth-order valence-electron chi connectivity index (χ4n) is 0.738. The lowest BCUT2D eigenvalue weighted by molar-refractivity contribution is -0.144. The molecule has 0 radical (unpaired) electrons. The fourth-order valence-corrected chi connectivity index (χ4v) is 1.10. The molecule has 0 saturated heterocycles. The second kappa shape index (κ2) is 1.94. The molecule has 1 aliphatic carbocycles. The Morgan fingerprint density at radius 3 is 2.25 bits per heavy atom. The molecule has 1 fully saturated rings. The van der Waals surface area contributed by atoms with Crippen LogP contribution in [0.2, 0.25) is 0 Å². The standard InChI is InChI=1S/C5H7ClO2/c6-4-2-1-3(4)5(7)8/h3-4H,1-2H2,(H,7,8)/t3-,4+/m1/s1. The Morgan fingerprint density at radius 1 is 1.62 bits per heavy atom. The molecule has 0 aromatic heterocycles. The van der Waals surface area contributed by atoms with Crippen molar-refractivity contribution in [1.29, 1.82) is 0 Å². The zero-order valence-electron chi connectivity index (χ0n) is 4.30. The first-order valence-electron chi connectivity index (χ1n) is 2.58. The van der Waals surface area contributed by atoms with Gasteiger partial charge in [0, 0.05) is 5.38 Å². The molecule has 1 aliphatic rings. The van der Waals surface area contributed by atoms with Crippen molar-refractivity contribution in [2.24, 2.45) is 5.92 Å². The molecule has 1 saturated carbocycles. The first-order chi connectivity index (χ1) is 3.72. The molecule has 0 bridgehead atoms. The lowest BCUT2D eigenvalue weighted by atomic mass is 9.85. The molecular formula is C5H7ClO2. The maximum absolute atomic E-state index is 10.1. The number of aliphatic carboxylic acids is 1. The Balaban J connectivity index is 2.37. The van der Waals surface area contributed by atoms with Gasteiger partial charge in [-0.1, -0.05) is 0 Å². The summed E-state index contributed by atoms with van der Waals surface area (Å²) in [5, 5.41) is 8.22. The molecule has 1 N–H and O–H groups in total. The minimum atomic E-state index is -0.753. The van der Waals surface area contributed by atoms with Crippen LogP contribution in [0.5, 0.6) is 0 Å². The molecule has 0 spiro atoms. The van der Waals surface area contributed by atoms with Crippen molar-refractivity contribution < 1.29 is 9.90 Å². The first kappa shape index (κ1) is 5.89. The number of carbonyl (C=O) groups is 1. The van der Waals surface area contributed by atoms with Gasteiger partial charge < -0.3 is 5.11 Å².